The number of hydrogen-bond donors (Lipinski definition) is 1. The second kappa shape index (κ2) is 8.42. The first-order valence-electron chi connectivity index (χ1n) is 9.87. The number of nitrogens with one attached hydrogen (secondary N) is 1. The van der Waals surface area contributed by atoms with Gasteiger partial charge in [0, 0.05) is 6.54 Å². The smallest absolute Gasteiger partial charge is 0.342 e. The van der Waals surface area contributed by atoms with Gasteiger partial charge < -0.3 is 9.50 Å². The highest BCUT2D eigenvalue weighted by Crippen LogP contribution is 2.33. The molecule has 0 aliphatic carbocycles. The van der Waals surface area contributed by atoms with Crippen LogP contribution < -0.4 is 5.32 Å². The first kappa shape index (κ1) is 20.3. The molecule has 0 spiro atoms. The zero-order chi connectivity index (χ0) is 21.1. The van der Waals surface area contributed by atoms with Crippen molar-refractivity contribution < 1.29 is 17.4 Å². The molecule has 0 saturated heterocycles. The predicted molar refractivity (Wildman–Crippen MR) is 115 cm³/mol. The molecule has 6 heteroatoms. The van der Waals surface area contributed by atoms with Crippen LogP contribution in [-0.4, -0.2) is 20.9 Å². The summed E-state index contributed by atoms with van der Waals surface area (Å²) in [6.07, 6.45) is 0.776. The Kier molecular flexibility index (Phi) is 5.70. The van der Waals surface area contributed by atoms with E-state index in [1.165, 1.54) is 11.6 Å². The van der Waals surface area contributed by atoms with Gasteiger partial charge in [0.25, 0.3) is 0 Å². The first-order valence-corrected chi connectivity index (χ1v) is 11.3. The Labute approximate surface area is 176 Å². The molecule has 1 aliphatic heterocycles. The molecule has 0 fully saturated rings. The monoisotopic (exact) mass is 421 g/mol. The normalized spacial score (nSPS) is 16.0. The molecule has 1 heterocycles. The van der Waals surface area contributed by atoms with Gasteiger partial charge in [-0.25, -0.2) is 0 Å². The van der Waals surface area contributed by atoms with Gasteiger partial charge in [0.1, 0.15) is 4.90 Å². The first-order chi connectivity index (χ1) is 14.4. The van der Waals surface area contributed by atoms with Gasteiger partial charge in [0.15, 0.2) is 0 Å². The third-order valence-corrected chi connectivity index (χ3v) is 6.56. The minimum absolute atomic E-state index is 0.0173. The van der Waals surface area contributed by atoms with Crippen LogP contribution in [0, 0.1) is 6.92 Å². The van der Waals surface area contributed by atoms with Gasteiger partial charge in [-0.3, -0.25) is 4.79 Å². The lowest BCUT2D eigenvalue weighted by Gasteiger charge is -2.28. The fraction of sp³-hybridized carbons (Fsp3) is 0.208. The minimum atomic E-state index is -4.27. The molecule has 0 aromatic heterocycles. The standard InChI is InChI=1S/C24H23NO4S/c1-17-11-12-22(30(27,28)29-23(26)16-18-7-3-2-4-8-18)21(15-17)24-20-10-6-5-9-19(20)13-14-25-24/h2-12,15,24-25H,13-14,16H2,1H3/t24-/m0/s1. The molecule has 5 nitrogen and oxygen atoms in total. The number of fused-ring (bicyclic) bond motifs is 1. The maximum Gasteiger partial charge on any atom is 0.342 e. The average molecular weight is 422 g/mol. The summed E-state index contributed by atoms with van der Waals surface area (Å²) in [7, 11) is -4.27. The van der Waals surface area contributed by atoms with E-state index in [1.807, 2.05) is 37.3 Å². The number of benzene rings is 3. The second-order valence-corrected chi connectivity index (χ2v) is 8.96. The zero-order valence-electron chi connectivity index (χ0n) is 16.7. The summed E-state index contributed by atoms with van der Waals surface area (Å²) in [4.78, 5) is 12.4. The van der Waals surface area contributed by atoms with Crippen LogP contribution in [0.5, 0.6) is 0 Å². The van der Waals surface area contributed by atoms with Crippen molar-refractivity contribution in [2.24, 2.45) is 0 Å². The highest BCUT2D eigenvalue weighted by atomic mass is 32.2. The van der Waals surface area contributed by atoms with Crippen LogP contribution in [0.3, 0.4) is 0 Å². The van der Waals surface area contributed by atoms with Crippen molar-refractivity contribution in [3.63, 3.8) is 0 Å². The molecular formula is C24H23NO4S. The van der Waals surface area contributed by atoms with Gasteiger partial charge in [-0.15, -0.1) is 0 Å². The summed E-state index contributed by atoms with van der Waals surface area (Å²) in [6, 6.07) is 21.7. The SMILES string of the molecule is Cc1ccc(S(=O)(=O)OC(=O)Cc2ccccc2)c([C@H]2NCCc3ccccc32)c1. The highest BCUT2D eigenvalue weighted by molar-refractivity contribution is 7.87. The van der Waals surface area contributed by atoms with Crippen LogP contribution in [0.2, 0.25) is 0 Å². The summed E-state index contributed by atoms with van der Waals surface area (Å²) in [5, 5.41) is 3.42. The van der Waals surface area contributed by atoms with E-state index in [9.17, 15) is 13.2 Å². The van der Waals surface area contributed by atoms with Crippen LogP contribution in [0.1, 0.15) is 33.9 Å². The average Bonchev–Trinajstić information content (AvgIpc) is 2.73. The Bertz CT molecular complexity index is 1170. The maximum atomic E-state index is 13.0. The fourth-order valence-electron chi connectivity index (χ4n) is 3.86. The molecule has 0 saturated carbocycles. The minimum Gasteiger partial charge on any atom is -0.342 e. The lowest BCUT2D eigenvalue weighted by Crippen LogP contribution is -2.32. The maximum absolute atomic E-state index is 13.0. The van der Waals surface area contributed by atoms with E-state index < -0.39 is 16.1 Å². The van der Waals surface area contributed by atoms with E-state index in [2.05, 4.69) is 11.4 Å². The lowest BCUT2D eigenvalue weighted by molar-refractivity contribution is -0.133. The molecule has 3 aromatic carbocycles. The lowest BCUT2D eigenvalue weighted by atomic mass is 9.89. The molecule has 4 rings (SSSR count). The summed E-state index contributed by atoms with van der Waals surface area (Å²) in [6.45, 7) is 2.65. The van der Waals surface area contributed by atoms with Gasteiger partial charge in [-0.1, -0.05) is 72.3 Å². The zero-order valence-corrected chi connectivity index (χ0v) is 17.5. The van der Waals surface area contributed by atoms with Crippen molar-refractivity contribution in [3.8, 4) is 0 Å². The van der Waals surface area contributed by atoms with Crippen LogP contribution in [-0.2, 0) is 31.9 Å². The Morgan fingerprint density at radius 3 is 2.53 bits per heavy atom. The third-order valence-electron chi connectivity index (χ3n) is 5.25. The molecule has 0 amide bonds. The van der Waals surface area contributed by atoms with Gasteiger partial charge in [0.05, 0.1) is 12.5 Å². The van der Waals surface area contributed by atoms with Crippen LogP contribution >= 0.6 is 0 Å². The van der Waals surface area contributed by atoms with Crippen molar-refractivity contribution >= 4 is 16.1 Å². The van der Waals surface area contributed by atoms with E-state index in [4.69, 9.17) is 4.18 Å². The number of hydrogen-bond acceptors (Lipinski definition) is 5. The number of rotatable bonds is 5. The van der Waals surface area contributed by atoms with Gasteiger partial charge in [-0.2, -0.15) is 8.42 Å². The molecule has 1 N–H and O–H groups in total. The Hall–Kier alpha value is -2.96. The second-order valence-electron chi connectivity index (χ2n) is 7.45. The van der Waals surface area contributed by atoms with E-state index in [1.54, 1.807) is 30.3 Å². The molecule has 0 bridgehead atoms. The molecule has 30 heavy (non-hydrogen) atoms. The summed E-state index contributed by atoms with van der Waals surface area (Å²) < 4.78 is 31.1. The van der Waals surface area contributed by atoms with Crippen LogP contribution in [0.25, 0.3) is 0 Å². The van der Waals surface area contributed by atoms with Crippen molar-refractivity contribution in [2.45, 2.75) is 30.7 Å². The Morgan fingerprint density at radius 1 is 1.00 bits per heavy atom. The molecule has 154 valence electrons. The quantitative estimate of drug-likeness (QED) is 0.636. The fourth-order valence-corrected chi connectivity index (χ4v) is 4.96. The van der Waals surface area contributed by atoms with Crippen LogP contribution in [0.15, 0.2) is 77.7 Å². The van der Waals surface area contributed by atoms with Crippen LogP contribution in [0.4, 0.5) is 0 Å². The third kappa shape index (κ3) is 4.30. The van der Waals surface area contributed by atoms with Gasteiger partial charge in [-0.05, 0) is 41.7 Å². The van der Waals surface area contributed by atoms with Crippen molar-refractivity contribution in [3.05, 3.63) is 101 Å². The molecular weight excluding hydrogens is 398 g/mol. The van der Waals surface area contributed by atoms with E-state index in [0.717, 1.165) is 24.1 Å². The van der Waals surface area contributed by atoms with Crippen molar-refractivity contribution in [1.29, 1.82) is 0 Å². The highest BCUT2D eigenvalue weighted by Gasteiger charge is 2.30. The largest absolute Gasteiger partial charge is 0.342 e. The Morgan fingerprint density at radius 2 is 1.73 bits per heavy atom. The van der Waals surface area contributed by atoms with Crippen molar-refractivity contribution in [1.82, 2.24) is 5.32 Å². The summed E-state index contributed by atoms with van der Waals surface area (Å²) in [5.41, 5.74) is 4.46. The molecule has 1 atom stereocenters. The molecule has 0 unspecified atom stereocenters. The number of carbonyl (C=O) groups excluding carboxylic acids is 1. The van der Waals surface area contributed by atoms with Gasteiger partial charge >= 0.3 is 16.1 Å². The summed E-state index contributed by atoms with van der Waals surface area (Å²) in [5.74, 6) is -0.801. The van der Waals surface area contributed by atoms with E-state index in [-0.39, 0.29) is 17.4 Å². The Balaban J connectivity index is 1.67. The predicted octanol–water partition coefficient (Wildman–Crippen LogP) is 3.70. The van der Waals surface area contributed by atoms with Crippen molar-refractivity contribution in [2.75, 3.05) is 6.54 Å². The molecule has 3 aromatic rings. The van der Waals surface area contributed by atoms with E-state index >= 15 is 0 Å². The number of carbonyl (C=O) groups is 1. The topological polar surface area (TPSA) is 72.5 Å². The van der Waals surface area contributed by atoms with E-state index in [0.29, 0.717) is 11.1 Å². The van der Waals surface area contributed by atoms with Gasteiger partial charge in [0.2, 0.25) is 0 Å². The molecule has 1 aliphatic rings. The molecule has 0 radical (unpaired) electrons. The summed E-state index contributed by atoms with van der Waals surface area (Å²) >= 11 is 0. The number of aryl methyl sites for hydroxylation is 1.